The summed E-state index contributed by atoms with van der Waals surface area (Å²) < 4.78 is 15.0. The van der Waals surface area contributed by atoms with Gasteiger partial charge in [0.05, 0.1) is 16.3 Å². The summed E-state index contributed by atoms with van der Waals surface area (Å²) in [5.41, 5.74) is 1.64. The van der Waals surface area contributed by atoms with Crippen LogP contribution in [0.1, 0.15) is 28.7 Å². The summed E-state index contributed by atoms with van der Waals surface area (Å²) in [6.45, 7) is 5.93. The third-order valence-electron chi connectivity index (χ3n) is 4.94. The summed E-state index contributed by atoms with van der Waals surface area (Å²) in [6.07, 6.45) is 0.945. The quantitative estimate of drug-likeness (QED) is 0.695. The Morgan fingerprint density at radius 3 is 2.81 bits per heavy atom. The second-order valence-electron chi connectivity index (χ2n) is 6.85. The SMILES string of the molecule is Cc1nn(-c2ccc(F)cc2)c2sc(C(=O)NC3CCNCC3C)cc12.Cl. The number of amides is 1. The Labute approximate surface area is 167 Å². The van der Waals surface area contributed by atoms with Gasteiger partial charge in [0.15, 0.2) is 0 Å². The number of hydrogen-bond donors (Lipinski definition) is 2. The highest BCUT2D eigenvalue weighted by Crippen LogP contribution is 2.30. The molecule has 0 spiro atoms. The monoisotopic (exact) mass is 408 g/mol. The lowest BCUT2D eigenvalue weighted by Crippen LogP contribution is -2.48. The van der Waals surface area contributed by atoms with Crippen molar-refractivity contribution in [2.24, 2.45) is 5.92 Å². The number of carbonyl (C=O) groups is 1. The van der Waals surface area contributed by atoms with Crippen molar-refractivity contribution in [3.05, 3.63) is 46.7 Å². The van der Waals surface area contributed by atoms with E-state index in [1.54, 1.807) is 16.8 Å². The number of piperidine rings is 1. The Morgan fingerprint density at radius 1 is 1.37 bits per heavy atom. The molecule has 1 aliphatic heterocycles. The van der Waals surface area contributed by atoms with Crippen LogP contribution in [-0.4, -0.2) is 34.8 Å². The second kappa shape index (κ2) is 7.96. The fourth-order valence-corrected chi connectivity index (χ4v) is 4.47. The molecule has 8 heteroatoms. The van der Waals surface area contributed by atoms with Crippen LogP contribution in [0.3, 0.4) is 0 Å². The molecule has 0 bridgehead atoms. The van der Waals surface area contributed by atoms with E-state index in [1.807, 2.05) is 13.0 Å². The first-order valence-electron chi connectivity index (χ1n) is 8.79. The van der Waals surface area contributed by atoms with Crippen molar-refractivity contribution in [3.8, 4) is 5.69 Å². The topological polar surface area (TPSA) is 59.0 Å². The number of thiophene rings is 1. The van der Waals surface area contributed by atoms with E-state index in [2.05, 4.69) is 22.7 Å². The molecule has 5 nitrogen and oxygen atoms in total. The lowest BCUT2D eigenvalue weighted by atomic mass is 9.95. The van der Waals surface area contributed by atoms with Gasteiger partial charge in [-0.3, -0.25) is 4.79 Å². The molecule has 1 fully saturated rings. The number of aryl methyl sites for hydroxylation is 1. The molecule has 1 aliphatic rings. The molecular formula is C19H22ClFN4OS. The van der Waals surface area contributed by atoms with Crippen LogP contribution >= 0.6 is 23.7 Å². The summed E-state index contributed by atoms with van der Waals surface area (Å²) in [6, 6.07) is 8.32. The van der Waals surface area contributed by atoms with Gasteiger partial charge in [0.25, 0.3) is 5.91 Å². The maximum atomic E-state index is 13.2. The van der Waals surface area contributed by atoms with E-state index >= 15 is 0 Å². The summed E-state index contributed by atoms with van der Waals surface area (Å²) in [7, 11) is 0. The minimum atomic E-state index is -0.281. The van der Waals surface area contributed by atoms with Crippen LogP contribution in [0.2, 0.25) is 0 Å². The highest BCUT2D eigenvalue weighted by molar-refractivity contribution is 7.20. The minimum Gasteiger partial charge on any atom is -0.348 e. The maximum Gasteiger partial charge on any atom is 0.261 e. The van der Waals surface area contributed by atoms with Gasteiger partial charge < -0.3 is 10.6 Å². The Bertz CT molecular complexity index is 953. The van der Waals surface area contributed by atoms with Gasteiger partial charge in [0.1, 0.15) is 10.6 Å². The highest BCUT2D eigenvalue weighted by Gasteiger charge is 2.24. The molecule has 144 valence electrons. The molecule has 2 aromatic heterocycles. The van der Waals surface area contributed by atoms with E-state index < -0.39 is 0 Å². The molecule has 2 atom stereocenters. The summed E-state index contributed by atoms with van der Waals surface area (Å²) in [5, 5.41) is 12.0. The summed E-state index contributed by atoms with van der Waals surface area (Å²) in [5.74, 6) is 0.102. The van der Waals surface area contributed by atoms with Crippen LogP contribution in [-0.2, 0) is 0 Å². The highest BCUT2D eigenvalue weighted by atomic mass is 35.5. The number of nitrogens with zero attached hydrogens (tertiary/aromatic N) is 2. The Kier molecular flexibility index (Phi) is 5.83. The normalized spacial score (nSPS) is 19.7. The van der Waals surface area contributed by atoms with Gasteiger partial charge in [-0.25, -0.2) is 9.07 Å². The predicted molar refractivity (Wildman–Crippen MR) is 109 cm³/mol. The van der Waals surface area contributed by atoms with Gasteiger partial charge in [0.2, 0.25) is 0 Å². The van der Waals surface area contributed by atoms with E-state index in [4.69, 9.17) is 0 Å². The molecule has 3 aromatic rings. The smallest absolute Gasteiger partial charge is 0.261 e. The lowest BCUT2D eigenvalue weighted by Gasteiger charge is -2.30. The van der Waals surface area contributed by atoms with Gasteiger partial charge in [-0.15, -0.1) is 23.7 Å². The average molecular weight is 409 g/mol. The van der Waals surface area contributed by atoms with Crippen LogP contribution < -0.4 is 10.6 Å². The summed E-state index contributed by atoms with van der Waals surface area (Å²) >= 11 is 1.42. The van der Waals surface area contributed by atoms with Crippen molar-refractivity contribution >= 4 is 39.9 Å². The molecule has 3 heterocycles. The van der Waals surface area contributed by atoms with E-state index in [9.17, 15) is 9.18 Å². The van der Waals surface area contributed by atoms with Gasteiger partial charge in [-0.2, -0.15) is 5.10 Å². The molecule has 1 amide bonds. The van der Waals surface area contributed by atoms with Crippen LogP contribution in [0.15, 0.2) is 30.3 Å². The van der Waals surface area contributed by atoms with Crippen molar-refractivity contribution in [2.45, 2.75) is 26.3 Å². The van der Waals surface area contributed by atoms with Crippen molar-refractivity contribution < 1.29 is 9.18 Å². The van der Waals surface area contributed by atoms with Crippen molar-refractivity contribution in [3.63, 3.8) is 0 Å². The predicted octanol–water partition coefficient (Wildman–Crippen LogP) is 3.68. The van der Waals surface area contributed by atoms with Crippen LogP contribution in [0.4, 0.5) is 4.39 Å². The van der Waals surface area contributed by atoms with Crippen LogP contribution in [0.25, 0.3) is 15.9 Å². The summed E-state index contributed by atoms with van der Waals surface area (Å²) in [4.78, 5) is 14.3. The molecule has 1 saturated heterocycles. The third kappa shape index (κ3) is 3.85. The van der Waals surface area contributed by atoms with E-state index in [1.165, 1.54) is 23.5 Å². The molecule has 0 saturated carbocycles. The van der Waals surface area contributed by atoms with Crippen LogP contribution in [0.5, 0.6) is 0 Å². The first-order valence-corrected chi connectivity index (χ1v) is 9.61. The van der Waals surface area contributed by atoms with Crippen molar-refractivity contribution in [1.29, 1.82) is 0 Å². The first kappa shape index (κ1) is 19.8. The number of benzene rings is 1. The zero-order chi connectivity index (χ0) is 18.3. The third-order valence-corrected chi connectivity index (χ3v) is 6.05. The largest absolute Gasteiger partial charge is 0.348 e. The number of hydrogen-bond acceptors (Lipinski definition) is 4. The van der Waals surface area contributed by atoms with E-state index in [0.29, 0.717) is 10.8 Å². The molecule has 2 unspecified atom stereocenters. The number of rotatable bonds is 3. The Morgan fingerprint density at radius 2 is 2.11 bits per heavy atom. The molecule has 0 aliphatic carbocycles. The Hall–Kier alpha value is -1.96. The van der Waals surface area contributed by atoms with E-state index in [0.717, 1.165) is 41.1 Å². The van der Waals surface area contributed by atoms with Gasteiger partial charge in [-0.1, -0.05) is 6.92 Å². The molecule has 27 heavy (non-hydrogen) atoms. The fraction of sp³-hybridized carbons (Fsp3) is 0.368. The van der Waals surface area contributed by atoms with E-state index in [-0.39, 0.29) is 30.2 Å². The fourth-order valence-electron chi connectivity index (χ4n) is 3.38. The van der Waals surface area contributed by atoms with Crippen molar-refractivity contribution in [2.75, 3.05) is 13.1 Å². The molecular weight excluding hydrogens is 387 g/mol. The molecule has 2 N–H and O–H groups in total. The van der Waals surface area contributed by atoms with Gasteiger partial charge >= 0.3 is 0 Å². The van der Waals surface area contributed by atoms with Crippen LogP contribution in [0, 0.1) is 18.7 Å². The van der Waals surface area contributed by atoms with Gasteiger partial charge in [-0.05, 0) is 62.7 Å². The average Bonchev–Trinajstić information content (AvgIpc) is 3.19. The molecule has 1 aromatic carbocycles. The standard InChI is InChI=1S/C19H21FN4OS.ClH/c1-11-10-21-8-7-16(11)22-18(25)17-9-15-12(2)23-24(19(15)26-17)14-5-3-13(20)4-6-14;/h3-6,9,11,16,21H,7-8,10H2,1-2H3,(H,22,25);1H. The maximum absolute atomic E-state index is 13.2. The number of carbonyl (C=O) groups excluding carboxylic acids is 1. The second-order valence-corrected chi connectivity index (χ2v) is 7.88. The number of aromatic nitrogens is 2. The lowest BCUT2D eigenvalue weighted by molar-refractivity contribution is 0.0918. The van der Waals surface area contributed by atoms with Crippen molar-refractivity contribution in [1.82, 2.24) is 20.4 Å². The number of nitrogens with one attached hydrogen (secondary N) is 2. The molecule has 4 rings (SSSR count). The zero-order valence-corrected chi connectivity index (χ0v) is 16.8. The first-order chi connectivity index (χ1) is 12.5. The number of halogens is 2. The Balaban J connectivity index is 0.00000210. The van der Waals surface area contributed by atoms with Gasteiger partial charge in [0, 0.05) is 11.4 Å². The number of fused-ring (bicyclic) bond motifs is 1. The minimum absolute atomic E-state index is 0. The molecule has 0 radical (unpaired) electrons. The zero-order valence-electron chi connectivity index (χ0n) is 15.2.